The van der Waals surface area contributed by atoms with Gasteiger partial charge in [0.1, 0.15) is 13.2 Å². The number of rotatable bonds is 52. The molecule has 2 atom stereocenters. The van der Waals surface area contributed by atoms with Crippen LogP contribution in [0, 0.1) is 17.8 Å². The molecule has 0 heterocycles. The van der Waals surface area contributed by atoms with Crippen LogP contribution < -0.4 is 0 Å². The second kappa shape index (κ2) is 50.3. The molecule has 0 amide bonds. The summed E-state index contributed by atoms with van der Waals surface area (Å²) in [6.45, 7) is 13.8. The van der Waals surface area contributed by atoms with Gasteiger partial charge in [-0.1, -0.05) is 286 Å². The topological polar surface area (TPSA) is 78.9 Å². The molecular formula is C59H114O6. The van der Waals surface area contributed by atoms with Crippen LogP contribution in [0.15, 0.2) is 0 Å². The molecule has 0 radical (unpaired) electrons. The van der Waals surface area contributed by atoms with Gasteiger partial charge in [0.25, 0.3) is 0 Å². The number of esters is 3. The normalized spacial score (nSPS) is 12.6. The first-order valence-electron chi connectivity index (χ1n) is 29.1. The molecule has 386 valence electrons. The Hall–Kier alpha value is -1.59. The molecule has 0 spiro atoms. The van der Waals surface area contributed by atoms with Gasteiger partial charge in [-0.25, -0.2) is 0 Å². The summed E-state index contributed by atoms with van der Waals surface area (Å²) in [5.41, 5.74) is 0. The molecule has 0 saturated heterocycles. The molecule has 1 unspecified atom stereocenters. The fourth-order valence-electron chi connectivity index (χ4n) is 8.97. The smallest absolute Gasteiger partial charge is 0.306 e. The highest BCUT2D eigenvalue weighted by molar-refractivity contribution is 5.71. The lowest BCUT2D eigenvalue weighted by Gasteiger charge is -2.18. The van der Waals surface area contributed by atoms with E-state index >= 15 is 0 Å². The minimum absolute atomic E-state index is 0.0635. The van der Waals surface area contributed by atoms with Gasteiger partial charge in [0.2, 0.25) is 0 Å². The van der Waals surface area contributed by atoms with Gasteiger partial charge in [-0.15, -0.1) is 0 Å². The molecule has 0 saturated carbocycles. The van der Waals surface area contributed by atoms with Gasteiger partial charge in [0.15, 0.2) is 6.10 Å². The Morgan fingerprint density at radius 3 is 0.800 bits per heavy atom. The molecule has 0 aliphatic carbocycles. The van der Waals surface area contributed by atoms with Crippen molar-refractivity contribution >= 4 is 17.9 Å². The first-order valence-corrected chi connectivity index (χ1v) is 29.1. The summed E-state index contributed by atoms with van der Waals surface area (Å²) in [6.07, 6.45) is 52.3. The molecule has 0 aliphatic heterocycles. The fraction of sp³-hybridized carbons (Fsp3) is 0.949. The Bertz CT molecular complexity index is 1010. The van der Waals surface area contributed by atoms with Crippen LogP contribution in [0.5, 0.6) is 0 Å². The van der Waals surface area contributed by atoms with Gasteiger partial charge in [-0.2, -0.15) is 0 Å². The van der Waals surface area contributed by atoms with Crippen molar-refractivity contribution in [3.63, 3.8) is 0 Å². The molecule has 0 aromatic rings. The van der Waals surface area contributed by atoms with E-state index in [1.807, 2.05) is 0 Å². The first-order chi connectivity index (χ1) is 31.6. The van der Waals surface area contributed by atoms with E-state index in [0.29, 0.717) is 19.3 Å². The standard InChI is InChI=1S/C59H114O6/c1-7-55(6)47-41-35-29-23-17-10-8-9-11-18-24-30-36-42-48-57(60)63-51-56(65-59(62)50-44-38-32-26-20-14-16-22-28-34-40-46-54(4)5)52-64-58(61)49-43-37-31-25-19-13-12-15-21-27-33-39-45-53(2)3/h53-56H,7-52H2,1-6H3/t55?,56-/m1/s1. The molecule has 0 fully saturated rings. The third-order valence-electron chi connectivity index (χ3n) is 13.8. The summed E-state index contributed by atoms with van der Waals surface area (Å²) >= 11 is 0. The van der Waals surface area contributed by atoms with Gasteiger partial charge >= 0.3 is 17.9 Å². The van der Waals surface area contributed by atoms with E-state index in [0.717, 1.165) is 75.5 Å². The maximum Gasteiger partial charge on any atom is 0.306 e. The number of unbranched alkanes of at least 4 members (excludes halogenated alkanes) is 34. The Labute approximate surface area is 406 Å². The monoisotopic (exact) mass is 919 g/mol. The zero-order valence-corrected chi connectivity index (χ0v) is 44.8. The van der Waals surface area contributed by atoms with Crippen LogP contribution in [0.2, 0.25) is 0 Å². The highest BCUT2D eigenvalue weighted by atomic mass is 16.6. The van der Waals surface area contributed by atoms with Crippen LogP contribution in [0.1, 0.15) is 324 Å². The van der Waals surface area contributed by atoms with Crippen LogP contribution in [0.3, 0.4) is 0 Å². The summed E-state index contributed by atoms with van der Waals surface area (Å²) in [5, 5.41) is 0. The third kappa shape index (κ3) is 51.6. The van der Waals surface area contributed by atoms with Crippen molar-refractivity contribution in [1.82, 2.24) is 0 Å². The van der Waals surface area contributed by atoms with E-state index in [9.17, 15) is 14.4 Å². The SMILES string of the molecule is CCC(C)CCCCCCCCCCCCCCCCC(=O)OC[C@H](COC(=O)CCCCCCCCCCCCCCC(C)C)OC(=O)CCCCCCCCCCCCCC(C)C. The van der Waals surface area contributed by atoms with Gasteiger partial charge < -0.3 is 14.2 Å². The van der Waals surface area contributed by atoms with E-state index in [2.05, 4.69) is 41.5 Å². The highest BCUT2D eigenvalue weighted by Gasteiger charge is 2.19. The lowest BCUT2D eigenvalue weighted by Crippen LogP contribution is -2.30. The van der Waals surface area contributed by atoms with Crippen molar-refractivity contribution in [2.45, 2.75) is 330 Å². The second-order valence-electron chi connectivity index (χ2n) is 21.5. The Morgan fingerprint density at radius 2 is 0.538 bits per heavy atom. The van der Waals surface area contributed by atoms with Crippen molar-refractivity contribution in [1.29, 1.82) is 0 Å². The van der Waals surface area contributed by atoms with Crippen LogP contribution >= 0.6 is 0 Å². The number of carbonyl (C=O) groups is 3. The lowest BCUT2D eigenvalue weighted by molar-refractivity contribution is -0.167. The zero-order chi connectivity index (χ0) is 47.7. The summed E-state index contributed by atoms with van der Waals surface area (Å²) < 4.78 is 16.9. The van der Waals surface area contributed by atoms with E-state index in [1.54, 1.807) is 0 Å². The molecule has 6 heteroatoms. The Kier molecular flexibility index (Phi) is 49.1. The summed E-state index contributed by atoms with van der Waals surface area (Å²) in [7, 11) is 0. The van der Waals surface area contributed by atoms with E-state index in [1.165, 1.54) is 205 Å². The van der Waals surface area contributed by atoms with Crippen LogP contribution in [0.4, 0.5) is 0 Å². The maximum absolute atomic E-state index is 12.8. The number of hydrogen-bond donors (Lipinski definition) is 0. The predicted octanol–water partition coefficient (Wildman–Crippen LogP) is 19.1. The van der Waals surface area contributed by atoms with E-state index in [4.69, 9.17) is 14.2 Å². The number of ether oxygens (including phenoxy) is 3. The van der Waals surface area contributed by atoms with Crippen molar-refractivity contribution < 1.29 is 28.6 Å². The minimum atomic E-state index is -0.764. The molecule has 0 rings (SSSR count). The maximum atomic E-state index is 12.8. The molecule has 0 N–H and O–H groups in total. The molecule has 65 heavy (non-hydrogen) atoms. The quantitative estimate of drug-likeness (QED) is 0.0344. The summed E-state index contributed by atoms with van der Waals surface area (Å²) in [5.74, 6) is 1.71. The summed E-state index contributed by atoms with van der Waals surface area (Å²) in [4.78, 5) is 38.2. The molecule has 0 aliphatic rings. The van der Waals surface area contributed by atoms with Crippen molar-refractivity contribution in [2.24, 2.45) is 17.8 Å². The van der Waals surface area contributed by atoms with Crippen molar-refractivity contribution in [2.75, 3.05) is 13.2 Å². The van der Waals surface area contributed by atoms with Crippen LogP contribution in [0.25, 0.3) is 0 Å². The minimum Gasteiger partial charge on any atom is -0.462 e. The van der Waals surface area contributed by atoms with E-state index in [-0.39, 0.29) is 31.1 Å². The van der Waals surface area contributed by atoms with Crippen LogP contribution in [-0.4, -0.2) is 37.2 Å². The molecule has 6 nitrogen and oxygen atoms in total. The molecule has 0 aromatic carbocycles. The third-order valence-corrected chi connectivity index (χ3v) is 13.8. The highest BCUT2D eigenvalue weighted by Crippen LogP contribution is 2.19. The fourth-order valence-corrected chi connectivity index (χ4v) is 8.97. The Morgan fingerprint density at radius 1 is 0.308 bits per heavy atom. The molecular weight excluding hydrogens is 805 g/mol. The molecule has 0 aromatic heterocycles. The van der Waals surface area contributed by atoms with Crippen LogP contribution in [-0.2, 0) is 28.6 Å². The average Bonchev–Trinajstić information content (AvgIpc) is 3.28. The van der Waals surface area contributed by atoms with Gasteiger partial charge in [-0.05, 0) is 37.0 Å². The zero-order valence-electron chi connectivity index (χ0n) is 44.8. The predicted molar refractivity (Wildman–Crippen MR) is 279 cm³/mol. The van der Waals surface area contributed by atoms with Crippen molar-refractivity contribution in [3.8, 4) is 0 Å². The van der Waals surface area contributed by atoms with Gasteiger partial charge in [-0.3, -0.25) is 14.4 Å². The number of carbonyl (C=O) groups excluding carboxylic acids is 3. The second-order valence-corrected chi connectivity index (χ2v) is 21.5. The largest absolute Gasteiger partial charge is 0.462 e. The first kappa shape index (κ1) is 63.4. The summed E-state index contributed by atoms with van der Waals surface area (Å²) in [6, 6.07) is 0. The van der Waals surface area contributed by atoms with E-state index < -0.39 is 6.10 Å². The van der Waals surface area contributed by atoms with Gasteiger partial charge in [0, 0.05) is 19.3 Å². The van der Waals surface area contributed by atoms with Crippen molar-refractivity contribution in [3.05, 3.63) is 0 Å². The average molecular weight is 920 g/mol. The number of hydrogen-bond acceptors (Lipinski definition) is 6. The molecule has 0 bridgehead atoms. The Balaban J connectivity index is 4.30. The van der Waals surface area contributed by atoms with Gasteiger partial charge in [0.05, 0.1) is 0 Å². The lowest BCUT2D eigenvalue weighted by atomic mass is 9.99.